The molecule has 1 N–H and O–H groups in total. The summed E-state index contributed by atoms with van der Waals surface area (Å²) in [5.74, 6) is 0.399. The summed E-state index contributed by atoms with van der Waals surface area (Å²) in [6.45, 7) is 3.04. The maximum absolute atomic E-state index is 13.7. The number of hydrogen-bond donors (Lipinski definition) is 1. The Bertz CT molecular complexity index is 1200. The number of hydrogen-bond acceptors (Lipinski definition) is 3. The molecule has 7 heteroatoms. The molecule has 1 saturated heterocycles. The van der Waals surface area contributed by atoms with Crippen molar-refractivity contribution in [1.29, 1.82) is 0 Å². The van der Waals surface area contributed by atoms with Gasteiger partial charge in [0.25, 0.3) is 5.91 Å². The van der Waals surface area contributed by atoms with Crippen molar-refractivity contribution in [2.24, 2.45) is 0 Å². The van der Waals surface area contributed by atoms with Crippen LogP contribution >= 0.6 is 0 Å². The van der Waals surface area contributed by atoms with Crippen molar-refractivity contribution in [3.8, 4) is 0 Å². The van der Waals surface area contributed by atoms with Gasteiger partial charge in [0.15, 0.2) is 0 Å². The Hall–Kier alpha value is -3.48. The first kappa shape index (κ1) is 18.5. The van der Waals surface area contributed by atoms with Crippen LogP contribution in [0, 0.1) is 12.7 Å². The van der Waals surface area contributed by atoms with E-state index in [1.165, 1.54) is 17.8 Å². The van der Waals surface area contributed by atoms with E-state index in [0.717, 1.165) is 24.4 Å². The summed E-state index contributed by atoms with van der Waals surface area (Å²) in [7, 11) is 0. The molecule has 1 aliphatic rings. The molecule has 0 bridgehead atoms. The second-order valence-corrected chi connectivity index (χ2v) is 7.86. The number of halogens is 1. The van der Waals surface area contributed by atoms with E-state index in [4.69, 9.17) is 4.98 Å². The molecule has 4 heterocycles. The first-order valence-electron chi connectivity index (χ1n) is 10.1. The molecule has 4 aromatic rings. The lowest BCUT2D eigenvalue weighted by Gasteiger charge is -2.41. The van der Waals surface area contributed by atoms with E-state index in [0.29, 0.717) is 24.4 Å². The molecule has 30 heavy (non-hydrogen) atoms. The highest BCUT2D eigenvalue weighted by Gasteiger charge is 2.41. The molecule has 5 rings (SSSR count). The fraction of sp³-hybridized carbons (Fsp3) is 0.261. The molecule has 6 nitrogen and oxygen atoms in total. The Morgan fingerprint density at radius 1 is 1.10 bits per heavy atom. The molecule has 0 unspecified atom stereocenters. The van der Waals surface area contributed by atoms with Crippen LogP contribution in [0.5, 0.6) is 0 Å². The van der Waals surface area contributed by atoms with Crippen LogP contribution < -0.4 is 0 Å². The highest BCUT2D eigenvalue weighted by atomic mass is 19.1. The minimum Gasteiger partial charge on any atom is -0.338 e. The highest BCUT2D eigenvalue weighted by molar-refractivity contribution is 5.92. The zero-order chi connectivity index (χ0) is 20.7. The lowest BCUT2D eigenvalue weighted by molar-refractivity contribution is 0.0678. The van der Waals surface area contributed by atoms with Crippen LogP contribution in [0.25, 0.3) is 5.65 Å². The summed E-state index contributed by atoms with van der Waals surface area (Å²) in [6.07, 6.45) is 6.43. The SMILES string of the molecule is Cc1ncc(C(=O)N2CCC(c3ccccc3)(c3cn4cc(F)ccc4n3)CC2)[nH]1. The monoisotopic (exact) mass is 403 g/mol. The summed E-state index contributed by atoms with van der Waals surface area (Å²) < 4.78 is 15.4. The van der Waals surface area contributed by atoms with Gasteiger partial charge in [0, 0.05) is 30.9 Å². The molecule has 0 aliphatic carbocycles. The maximum atomic E-state index is 13.7. The van der Waals surface area contributed by atoms with E-state index < -0.39 is 0 Å². The Labute approximate surface area is 173 Å². The third-order valence-corrected chi connectivity index (χ3v) is 6.07. The minimum absolute atomic E-state index is 0.0330. The van der Waals surface area contributed by atoms with Crippen molar-refractivity contribution in [2.75, 3.05) is 13.1 Å². The molecule has 0 saturated carbocycles. The number of benzene rings is 1. The van der Waals surface area contributed by atoms with Crippen LogP contribution in [0.3, 0.4) is 0 Å². The van der Waals surface area contributed by atoms with Gasteiger partial charge in [-0.3, -0.25) is 4.79 Å². The second kappa shape index (κ2) is 7.09. The number of amides is 1. The van der Waals surface area contributed by atoms with Gasteiger partial charge in [0.1, 0.15) is 23.0 Å². The van der Waals surface area contributed by atoms with Crippen LogP contribution in [0.15, 0.2) is 61.1 Å². The van der Waals surface area contributed by atoms with Crippen molar-refractivity contribution in [1.82, 2.24) is 24.3 Å². The van der Waals surface area contributed by atoms with E-state index in [1.54, 1.807) is 16.7 Å². The van der Waals surface area contributed by atoms with Crippen LogP contribution in [0.2, 0.25) is 0 Å². The first-order chi connectivity index (χ1) is 14.5. The lowest BCUT2D eigenvalue weighted by atomic mass is 9.70. The van der Waals surface area contributed by atoms with E-state index in [2.05, 4.69) is 22.1 Å². The van der Waals surface area contributed by atoms with Crippen molar-refractivity contribution >= 4 is 11.6 Å². The van der Waals surface area contributed by atoms with E-state index in [-0.39, 0.29) is 17.1 Å². The molecule has 0 radical (unpaired) electrons. The average Bonchev–Trinajstić information content (AvgIpc) is 3.40. The van der Waals surface area contributed by atoms with Gasteiger partial charge in [0.2, 0.25) is 0 Å². The smallest absolute Gasteiger partial charge is 0.271 e. The molecule has 0 atom stereocenters. The topological polar surface area (TPSA) is 66.3 Å². The van der Waals surface area contributed by atoms with Crippen molar-refractivity contribution in [2.45, 2.75) is 25.2 Å². The van der Waals surface area contributed by atoms with E-state index in [9.17, 15) is 9.18 Å². The van der Waals surface area contributed by atoms with E-state index in [1.807, 2.05) is 36.2 Å². The molecule has 1 amide bonds. The molecular weight excluding hydrogens is 381 g/mol. The number of aromatic nitrogens is 4. The number of carbonyl (C=O) groups excluding carboxylic acids is 1. The number of piperidine rings is 1. The largest absolute Gasteiger partial charge is 0.338 e. The molecular formula is C23H22FN5O. The quantitative estimate of drug-likeness (QED) is 0.567. The van der Waals surface area contributed by atoms with Crippen molar-refractivity contribution in [3.63, 3.8) is 0 Å². The van der Waals surface area contributed by atoms with Gasteiger partial charge in [-0.2, -0.15) is 0 Å². The molecule has 1 aromatic carbocycles. The number of aryl methyl sites for hydroxylation is 1. The van der Waals surface area contributed by atoms with Crippen LogP contribution in [-0.2, 0) is 5.41 Å². The average molecular weight is 403 g/mol. The second-order valence-electron chi connectivity index (χ2n) is 7.86. The zero-order valence-electron chi connectivity index (χ0n) is 16.7. The van der Waals surface area contributed by atoms with Gasteiger partial charge in [-0.15, -0.1) is 0 Å². The van der Waals surface area contributed by atoms with Crippen molar-refractivity contribution in [3.05, 3.63) is 89.6 Å². The van der Waals surface area contributed by atoms with E-state index >= 15 is 0 Å². The van der Waals surface area contributed by atoms with Crippen LogP contribution in [-0.4, -0.2) is 43.2 Å². The van der Waals surface area contributed by atoms with Gasteiger partial charge < -0.3 is 14.3 Å². The van der Waals surface area contributed by atoms with Gasteiger partial charge in [-0.05, 0) is 37.5 Å². The Balaban J connectivity index is 1.50. The summed E-state index contributed by atoms with van der Waals surface area (Å²) in [5.41, 5.74) is 2.97. The predicted octanol–water partition coefficient (Wildman–Crippen LogP) is 3.73. The van der Waals surface area contributed by atoms with Gasteiger partial charge in [0.05, 0.1) is 11.9 Å². The van der Waals surface area contributed by atoms with Crippen LogP contribution in [0.4, 0.5) is 4.39 Å². The molecule has 1 fully saturated rings. The summed E-state index contributed by atoms with van der Waals surface area (Å²) >= 11 is 0. The zero-order valence-corrected chi connectivity index (χ0v) is 16.7. The summed E-state index contributed by atoms with van der Waals surface area (Å²) in [4.78, 5) is 26.7. The normalized spacial score (nSPS) is 16.1. The van der Waals surface area contributed by atoms with Gasteiger partial charge in [-0.1, -0.05) is 30.3 Å². The molecule has 3 aromatic heterocycles. The number of likely N-dealkylation sites (tertiary alicyclic amines) is 1. The number of fused-ring (bicyclic) bond motifs is 1. The fourth-order valence-electron chi connectivity index (χ4n) is 4.44. The number of rotatable bonds is 3. The summed E-state index contributed by atoms with van der Waals surface area (Å²) in [6, 6.07) is 13.4. The predicted molar refractivity (Wildman–Crippen MR) is 111 cm³/mol. The number of pyridine rings is 1. The summed E-state index contributed by atoms with van der Waals surface area (Å²) in [5, 5.41) is 0. The molecule has 1 aliphatic heterocycles. The Morgan fingerprint density at radius 3 is 2.57 bits per heavy atom. The van der Waals surface area contributed by atoms with Gasteiger partial charge in [-0.25, -0.2) is 14.4 Å². The third kappa shape index (κ3) is 3.07. The lowest BCUT2D eigenvalue weighted by Crippen LogP contribution is -2.46. The number of carbonyl (C=O) groups is 1. The Morgan fingerprint density at radius 2 is 1.87 bits per heavy atom. The third-order valence-electron chi connectivity index (χ3n) is 6.07. The maximum Gasteiger partial charge on any atom is 0.271 e. The number of nitrogens with zero attached hydrogens (tertiary/aromatic N) is 4. The minimum atomic E-state index is -0.329. The molecule has 152 valence electrons. The number of aromatic amines is 1. The number of imidazole rings is 2. The number of nitrogens with one attached hydrogen (secondary N) is 1. The fourth-order valence-corrected chi connectivity index (χ4v) is 4.44. The van der Waals surface area contributed by atoms with Crippen molar-refractivity contribution < 1.29 is 9.18 Å². The first-order valence-corrected chi connectivity index (χ1v) is 10.1. The standard InChI is InChI=1S/C23H22FN5O/c1-16-25-13-19(26-16)22(30)28-11-9-23(10-12-28,17-5-3-2-4-6-17)20-15-29-14-18(24)7-8-21(29)27-20/h2-8,13-15H,9-12H2,1H3,(H,25,26). The van der Waals surface area contributed by atoms with Crippen LogP contribution in [0.1, 0.15) is 40.4 Å². The highest BCUT2D eigenvalue weighted by Crippen LogP contribution is 2.41. The Kier molecular flexibility index (Phi) is 4.38. The molecule has 0 spiro atoms. The number of H-pyrrole nitrogens is 1. The van der Waals surface area contributed by atoms with Gasteiger partial charge >= 0.3 is 0 Å².